The molecule has 2 aromatic rings. The number of methoxy groups -OCH3 is 1. The number of aromatic nitrogens is 2. The number of nitrogens with one attached hydrogen (secondary N) is 2. The van der Waals surface area contributed by atoms with Crippen molar-refractivity contribution in [3.8, 4) is 5.75 Å². The Morgan fingerprint density at radius 2 is 1.89 bits per heavy atom. The number of benzene rings is 1. The van der Waals surface area contributed by atoms with Gasteiger partial charge in [-0.25, -0.2) is 4.98 Å². The van der Waals surface area contributed by atoms with Gasteiger partial charge >= 0.3 is 0 Å². The number of fused-ring (bicyclic) bond motifs is 1. The van der Waals surface area contributed by atoms with Gasteiger partial charge in [-0.3, -0.25) is 9.59 Å². The molecule has 10 nitrogen and oxygen atoms in total. The van der Waals surface area contributed by atoms with E-state index in [2.05, 4.69) is 20.5 Å². The first-order valence-corrected chi connectivity index (χ1v) is 13.8. The summed E-state index contributed by atoms with van der Waals surface area (Å²) in [6, 6.07) is 5.32. The van der Waals surface area contributed by atoms with Gasteiger partial charge in [-0.15, -0.1) is 0 Å². The molecule has 0 radical (unpaired) electrons. The number of nitrogens with two attached hydrogens (primary N) is 1. The minimum absolute atomic E-state index is 0.160. The lowest BCUT2D eigenvalue weighted by Crippen LogP contribution is -2.41. The highest BCUT2D eigenvalue weighted by atomic mass is 16.5. The van der Waals surface area contributed by atoms with Crippen LogP contribution in [-0.4, -0.2) is 61.6 Å². The second-order valence-corrected chi connectivity index (χ2v) is 10.8. The van der Waals surface area contributed by atoms with Crippen molar-refractivity contribution in [1.82, 2.24) is 15.3 Å². The van der Waals surface area contributed by atoms with Gasteiger partial charge in [0.25, 0.3) is 0 Å². The molecule has 1 aromatic heterocycles. The Balaban J connectivity index is 0.000000433. The number of piperidine rings is 1. The summed E-state index contributed by atoms with van der Waals surface area (Å²) in [5, 5.41) is 6.49. The summed E-state index contributed by atoms with van der Waals surface area (Å²) in [6.45, 7) is 3.21. The van der Waals surface area contributed by atoms with E-state index in [4.69, 9.17) is 15.5 Å². The molecule has 0 atom stereocenters. The van der Waals surface area contributed by atoms with Crippen LogP contribution < -0.4 is 30.9 Å². The summed E-state index contributed by atoms with van der Waals surface area (Å²) >= 11 is 0. The zero-order valence-corrected chi connectivity index (χ0v) is 22.5. The van der Waals surface area contributed by atoms with E-state index in [1.807, 2.05) is 7.05 Å². The topological polar surface area (TPSA) is 126 Å². The van der Waals surface area contributed by atoms with Gasteiger partial charge in [-0.2, -0.15) is 4.98 Å². The summed E-state index contributed by atoms with van der Waals surface area (Å²) in [5.41, 5.74) is 6.82. The van der Waals surface area contributed by atoms with Gasteiger partial charge < -0.3 is 30.9 Å². The Labute approximate surface area is 224 Å². The van der Waals surface area contributed by atoms with Crippen LogP contribution in [-0.2, 0) is 4.79 Å². The molecule has 3 fully saturated rings. The smallest absolute Gasteiger partial charge is 0.248 e. The number of nitrogens with zero attached hydrogens (tertiary/aromatic N) is 4. The number of anilines is 4. The van der Waals surface area contributed by atoms with Gasteiger partial charge in [0.2, 0.25) is 17.8 Å². The number of carbonyl (C=O) groups excluding carboxylic acids is 2. The highest BCUT2D eigenvalue weighted by Gasteiger charge is 2.55. The predicted octanol–water partition coefficient (Wildman–Crippen LogP) is 3.59. The van der Waals surface area contributed by atoms with E-state index in [0.29, 0.717) is 35.5 Å². The minimum atomic E-state index is -0.523. The average Bonchev–Trinajstić information content (AvgIpc) is 3.55. The molecule has 6 rings (SSSR count). The van der Waals surface area contributed by atoms with Crippen molar-refractivity contribution in [2.75, 3.05) is 48.9 Å². The van der Waals surface area contributed by atoms with E-state index in [1.165, 1.54) is 52.3 Å². The maximum Gasteiger partial charge on any atom is 0.248 e. The summed E-state index contributed by atoms with van der Waals surface area (Å²) in [6.07, 6.45) is 12.4. The second kappa shape index (κ2) is 11.1. The lowest BCUT2D eigenvalue weighted by molar-refractivity contribution is -0.122. The molecular weight excluding hydrogens is 482 g/mol. The van der Waals surface area contributed by atoms with E-state index >= 15 is 0 Å². The minimum Gasteiger partial charge on any atom is -0.495 e. The average molecular weight is 522 g/mol. The van der Waals surface area contributed by atoms with Crippen molar-refractivity contribution in [1.29, 1.82) is 0 Å². The number of amides is 2. The Morgan fingerprint density at radius 1 is 1.16 bits per heavy atom. The second-order valence-electron chi connectivity index (χ2n) is 10.8. The van der Waals surface area contributed by atoms with E-state index in [1.54, 1.807) is 29.3 Å². The normalized spacial score (nSPS) is 20.3. The molecule has 2 amide bonds. The third-order valence-electron chi connectivity index (χ3n) is 8.17. The molecule has 1 aromatic carbocycles. The van der Waals surface area contributed by atoms with Crippen LogP contribution in [0.1, 0.15) is 68.1 Å². The van der Waals surface area contributed by atoms with Crippen molar-refractivity contribution in [2.45, 2.75) is 63.8 Å². The molecule has 4 N–H and O–H groups in total. The lowest BCUT2D eigenvalue weighted by atomic mass is 10.0. The van der Waals surface area contributed by atoms with Crippen molar-refractivity contribution < 1.29 is 14.3 Å². The van der Waals surface area contributed by atoms with Gasteiger partial charge in [-0.1, -0.05) is 19.3 Å². The molecule has 2 aliphatic carbocycles. The lowest BCUT2D eigenvalue weighted by Gasteiger charge is -2.31. The van der Waals surface area contributed by atoms with E-state index in [-0.39, 0.29) is 11.3 Å². The number of hydrogen-bond acceptors (Lipinski definition) is 8. The van der Waals surface area contributed by atoms with Gasteiger partial charge in [0.1, 0.15) is 11.4 Å². The van der Waals surface area contributed by atoms with E-state index in [9.17, 15) is 9.59 Å². The monoisotopic (exact) mass is 521 g/mol. The van der Waals surface area contributed by atoms with E-state index in [0.717, 1.165) is 37.2 Å². The molecule has 3 heterocycles. The first kappa shape index (κ1) is 26.2. The van der Waals surface area contributed by atoms with Crippen LogP contribution in [0.4, 0.5) is 23.1 Å². The largest absolute Gasteiger partial charge is 0.495 e. The Bertz CT molecular complexity index is 1160. The molecule has 2 saturated carbocycles. The number of rotatable bonds is 5. The van der Waals surface area contributed by atoms with Gasteiger partial charge in [0.05, 0.1) is 24.4 Å². The molecule has 10 heteroatoms. The zero-order chi connectivity index (χ0) is 26.7. The molecule has 0 bridgehead atoms. The molecule has 2 aliphatic heterocycles. The van der Waals surface area contributed by atoms with Crippen LogP contribution >= 0.6 is 0 Å². The van der Waals surface area contributed by atoms with Gasteiger partial charge in [0.15, 0.2) is 5.82 Å². The summed E-state index contributed by atoms with van der Waals surface area (Å²) in [7, 11) is 3.35. The maximum absolute atomic E-state index is 13.2. The number of ether oxygens (including phenoxy) is 1. The van der Waals surface area contributed by atoms with E-state index < -0.39 is 5.91 Å². The van der Waals surface area contributed by atoms with Crippen LogP contribution in [0.25, 0.3) is 0 Å². The number of primary amides is 1. The molecule has 0 unspecified atom stereocenters. The number of carbonyl (C=O) groups is 2. The summed E-state index contributed by atoms with van der Waals surface area (Å²) < 4.78 is 5.42. The fourth-order valence-electron chi connectivity index (χ4n) is 5.72. The third kappa shape index (κ3) is 5.41. The number of hydrogen-bond donors (Lipinski definition) is 3. The highest BCUT2D eigenvalue weighted by molar-refractivity contribution is 6.02. The standard InChI is InChI=1S/C23H28N6O3.C5H11N/c1-28-17-12-25-22(26-16-8-7-14(19(24)30)11-18(16)32-2)27-20(17)29(15-5-3-4-6-15)13-23(9-10-23)21(28)31;1-2-4-6-5-3-1/h7-8,11-12,15H,3-6,9-10,13H2,1-2H3,(H2,24,30)(H,25,26,27);6H,1-5H2. The SMILES string of the molecule is C1CCNCC1.COc1cc(C(N)=O)ccc1Nc1ncc2c(n1)N(C1CCCC1)CC1(CC1)C(=O)N2C. The van der Waals surface area contributed by atoms with Crippen LogP contribution in [0.2, 0.25) is 0 Å². The molecule has 38 heavy (non-hydrogen) atoms. The first-order chi connectivity index (χ1) is 18.4. The fraction of sp³-hybridized carbons (Fsp3) is 0.571. The molecular formula is C28H39N7O3. The zero-order valence-electron chi connectivity index (χ0n) is 22.5. The van der Waals surface area contributed by atoms with Crippen LogP contribution in [0, 0.1) is 5.41 Å². The van der Waals surface area contributed by atoms with Crippen molar-refractivity contribution in [2.24, 2.45) is 11.1 Å². The van der Waals surface area contributed by atoms with Gasteiger partial charge in [-0.05, 0) is 69.8 Å². The predicted molar refractivity (Wildman–Crippen MR) is 148 cm³/mol. The molecule has 1 spiro atoms. The van der Waals surface area contributed by atoms with Crippen LogP contribution in [0.15, 0.2) is 24.4 Å². The van der Waals surface area contributed by atoms with Gasteiger partial charge in [0, 0.05) is 25.2 Å². The summed E-state index contributed by atoms with van der Waals surface area (Å²) in [4.78, 5) is 38.1. The van der Waals surface area contributed by atoms with Crippen LogP contribution in [0.3, 0.4) is 0 Å². The highest BCUT2D eigenvalue weighted by Crippen LogP contribution is 2.52. The maximum atomic E-state index is 13.2. The Hall–Kier alpha value is -3.40. The van der Waals surface area contributed by atoms with Crippen molar-refractivity contribution in [3.05, 3.63) is 30.0 Å². The fourth-order valence-corrected chi connectivity index (χ4v) is 5.72. The first-order valence-electron chi connectivity index (χ1n) is 13.8. The Morgan fingerprint density at radius 3 is 2.47 bits per heavy atom. The summed E-state index contributed by atoms with van der Waals surface area (Å²) in [5.74, 6) is 1.31. The quantitative estimate of drug-likeness (QED) is 0.545. The molecule has 1 saturated heterocycles. The molecule has 4 aliphatic rings. The Kier molecular flexibility index (Phi) is 7.69. The van der Waals surface area contributed by atoms with Crippen LogP contribution in [0.5, 0.6) is 5.75 Å². The van der Waals surface area contributed by atoms with Crippen molar-refractivity contribution >= 4 is 35.0 Å². The van der Waals surface area contributed by atoms with Crippen molar-refractivity contribution in [3.63, 3.8) is 0 Å². The molecule has 204 valence electrons. The third-order valence-corrected chi connectivity index (χ3v) is 8.17.